The van der Waals surface area contributed by atoms with Crippen LogP contribution in [0.3, 0.4) is 0 Å². The fourth-order valence-corrected chi connectivity index (χ4v) is 4.63. The van der Waals surface area contributed by atoms with Gasteiger partial charge in [-0.3, -0.25) is 4.79 Å². The predicted molar refractivity (Wildman–Crippen MR) is 123 cm³/mol. The summed E-state index contributed by atoms with van der Waals surface area (Å²) in [6.07, 6.45) is 0.160. The number of sulfonamides is 1. The highest BCUT2D eigenvalue weighted by Crippen LogP contribution is 2.26. The molecule has 3 aromatic rings. The van der Waals surface area contributed by atoms with Crippen LogP contribution in [-0.4, -0.2) is 20.4 Å². The summed E-state index contributed by atoms with van der Waals surface area (Å²) in [5.41, 5.74) is 1.14. The van der Waals surface area contributed by atoms with E-state index in [1.165, 1.54) is 18.2 Å². The van der Waals surface area contributed by atoms with Crippen molar-refractivity contribution in [1.82, 2.24) is 4.72 Å². The van der Waals surface area contributed by atoms with Crippen molar-refractivity contribution in [3.05, 3.63) is 92.9 Å². The quantitative estimate of drug-likeness (QED) is 0.438. The predicted octanol–water partition coefficient (Wildman–Crippen LogP) is 5.28. The Morgan fingerprint density at radius 2 is 1.63 bits per heavy atom. The van der Waals surface area contributed by atoms with E-state index < -0.39 is 22.0 Å². The van der Waals surface area contributed by atoms with Gasteiger partial charge < -0.3 is 5.32 Å². The molecule has 0 saturated carbocycles. The zero-order valence-electron chi connectivity index (χ0n) is 15.5. The van der Waals surface area contributed by atoms with Gasteiger partial charge in [-0.15, -0.1) is 0 Å². The Labute approximate surface area is 193 Å². The van der Waals surface area contributed by atoms with Crippen LogP contribution in [0.5, 0.6) is 0 Å². The van der Waals surface area contributed by atoms with Crippen molar-refractivity contribution < 1.29 is 13.2 Å². The van der Waals surface area contributed by atoms with Crippen LogP contribution in [0.2, 0.25) is 10.0 Å². The number of hydrogen-bond donors (Lipinski definition) is 2. The monoisotopic (exact) mass is 526 g/mol. The molecule has 1 amide bonds. The summed E-state index contributed by atoms with van der Waals surface area (Å²) in [4.78, 5) is 13.0. The third kappa shape index (κ3) is 6.06. The van der Waals surface area contributed by atoms with Gasteiger partial charge in [-0.25, -0.2) is 8.42 Å². The molecule has 156 valence electrons. The number of anilines is 1. The van der Waals surface area contributed by atoms with Gasteiger partial charge >= 0.3 is 0 Å². The highest BCUT2D eigenvalue weighted by atomic mass is 79.9. The maximum absolute atomic E-state index is 13.0. The lowest BCUT2D eigenvalue weighted by Gasteiger charge is -2.19. The largest absolute Gasteiger partial charge is 0.323 e. The van der Waals surface area contributed by atoms with Crippen LogP contribution in [0, 0.1) is 0 Å². The number of benzene rings is 3. The third-order valence-corrected chi connectivity index (χ3v) is 6.77. The number of carbonyl (C=O) groups is 1. The zero-order chi connectivity index (χ0) is 21.7. The van der Waals surface area contributed by atoms with Gasteiger partial charge in [0, 0.05) is 9.50 Å². The SMILES string of the molecule is O=C(Nc1ccc(Cl)cc1Cl)C(Cc1ccccc1)NS(=O)(=O)c1ccc(Br)cc1. The molecule has 1 atom stereocenters. The molecule has 0 saturated heterocycles. The van der Waals surface area contributed by atoms with Gasteiger partial charge in [-0.2, -0.15) is 4.72 Å². The molecular weight excluding hydrogens is 511 g/mol. The van der Waals surface area contributed by atoms with Crippen molar-refractivity contribution in [2.24, 2.45) is 0 Å². The summed E-state index contributed by atoms with van der Waals surface area (Å²) >= 11 is 15.3. The molecule has 0 spiro atoms. The number of hydrogen-bond acceptors (Lipinski definition) is 3. The van der Waals surface area contributed by atoms with Gasteiger partial charge in [-0.05, 0) is 54.4 Å². The zero-order valence-corrected chi connectivity index (χ0v) is 19.4. The Hall–Kier alpha value is -1.90. The Kier molecular flexibility index (Phi) is 7.55. The lowest BCUT2D eigenvalue weighted by molar-refractivity contribution is -0.117. The van der Waals surface area contributed by atoms with Gasteiger partial charge in [0.05, 0.1) is 15.6 Å². The molecule has 0 aliphatic heterocycles. The van der Waals surface area contributed by atoms with Crippen LogP contribution in [0.25, 0.3) is 0 Å². The Balaban J connectivity index is 1.87. The van der Waals surface area contributed by atoms with E-state index in [9.17, 15) is 13.2 Å². The molecule has 3 rings (SSSR count). The first-order valence-corrected chi connectivity index (χ1v) is 11.9. The fraction of sp³-hybridized carbons (Fsp3) is 0.0952. The standard InChI is InChI=1S/C21H17BrCl2N2O3S/c22-15-6-9-17(10-7-15)30(28,29)26-20(12-14-4-2-1-3-5-14)21(27)25-19-11-8-16(23)13-18(19)24/h1-11,13,20,26H,12H2,(H,25,27). The lowest BCUT2D eigenvalue weighted by Crippen LogP contribution is -2.45. The van der Waals surface area contributed by atoms with E-state index >= 15 is 0 Å². The van der Waals surface area contributed by atoms with Gasteiger partial charge in [0.1, 0.15) is 6.04 Å². The van der Waals surface area contributed by atoms with Gasteiger partial charge in [0.2, 0.25) is 15.9 Å². The van der Waals surface area contributed by atoms with E-state index in [-0.39, 0.29) is 16.3 Å². The third-order valence-electron chi connectivity index (χ3n) is 4.21. The summed E-state index contributed by atoms with van der Waals surface area (Å²) in [7, 11) is -3.94. The van der Waals surface area contributed by atoms with Crippen LogP contribution in [0.1, 0.15) is 5.56 Å². The maximum atomic E-state index is 13.0. The average Bonchev–Trinajstić information content (AvgIpc) is 2.70. The molecule has 2 N–H and O–H groups in total. The normalized spacial score (nSPS) is 12.4. The molecule has 0 aliphatic rings. The van der Waals surface area contributed by atoms with Gasteiger partial charge in [0.25, 0.3) is 0 Å². The minimum Gasteiger partial charge on any atom is -0.323 e. The number of amides is 1. The Morgan fingerprint density at radius 3 is 2.27 bits per heavy atom. The molecule has 0 fully saturated rings. The first-order chi connectivity index (χ1) is 14.2. The second kappa shape index (κ2) is 9.94. The summed E-state index contributed by atoms with van der Waals surface area (Å²) < 4.78 is 29.0. The van der Waals surface area contributed by atoms with Gasteiger partial charge in [-0.1, -0.05) is 69.5 Å². The summed E-state index contributed by atoms with van der Waals surface area (Å²) in [5, 5.41) is 3.36. The minimum atomic E-state index is -3.94. The summed E-state index contributed by atoms with van der Waals surface area (Å²) in [6.45, 7) is 0. The molecule has 0 aromatic heterocycles. The van der Waals surface area contributed by atoms with Crippen molar-refractivity contribution >= 4 is 60.7 Å². The van der Waals surface area contributed by atoms with Crippen molar-refractivity contribution in [3.8, 4) is 0 Å². The van der Waals surface area contributed by atoms with E-state index in [1.54, 1.807) is 24.3 Å². The van der Waals surface area contributed by atoms with Crippen molar-refractivity contribution in [2.75, 3.05) is 5.32 Å². The molecular formula is C21H17BrCl2N2O3S. The summed E-state index contributed by atoms with van der Waals surface area (Å²) in [5.74, 6) is -0.538. The fourth-order valence-electron chi connectivity index (χ4n) is 2.72. The molecule has 30 heavy (non-hydrogen) atoms. The maximum Gasteiger partial charge on any atom is 0.242 e. The molecule has 0 aliphatic carbocycles. The highest BCUT2D eigenvalue weighted by Gasteiger charge is 2.26. The molecule has 0 radical (unpaired) electrons. The van der Waals surface area contributed by atoms with E-state index in [1.807, 2.05) is 30.3 Å². The first-order valence-electron chi connectivity index (χ1n) is 8.82. The smallest absolute Gasteiger partial charge is 0.242 e. The number of nitrogens with one attached hydrogen (secondary N) is 2. The van der Waals surface area contributed by atoms with Crippen LogP contribution < -0.4 is 10.0 Å². The van der Waals surface area contributed by atoms with Gasteiger partial charge in [0.15, 0.2) is 0 Å². The second-order valence-corrected chi connectivity index (χ2v) is 9.90. The molecule has 3 aromatic carbocycles. The molecule has 0 heterocycles. The molecule has 0 bridgehead atoms. The topological polar surface area (TPSA) is 75.3 Å². The summed E-state index contributed by atoms with van der Waals surface area (Å²) in [6, 6.07) is 18.9. The van der Waals surface area contributed by atoms with Crippen molar-refractivity contribution in [3.63, 3.8) is 0 Å². The number of rotatable bonds is 7. The van der Waals surface area contributed by atoms with E-state index in [2.05, 4.69) is 26.0 Å². The van der Waals surface area contributed by atoms with Crippen LogP contribution in [0.15, 0.2) is 82.2 Å². The van der Waals surface area contributed by atoms with Crippen molar-refractivity contribution in [1.29, 1.82) is 0 Å². The lowest BCUT2D eigenvalue weighted by atomic mass is 10.1. The van der Waals surface area contributed by atoms with Crippen molar-refractivity contribution in [2.45, 2.75) is 17.4 Å². The van der Waals surface area contributed by atoms with Crippen LogP contribution >= 0.6 is 39.1 Å². The minimum absolute atomic E-state index is 0.0566. The van der Waals surface area contributed by atoms with E-state index in [4.69, 9.17) is 23.2 Å². The molecule has 1 unspecified atom stereocenters. The van der Waals surface area contributed by atoms with Crippen LogP contribution in [-0.2, 0) is 21.2 Å². The number of halogens is 3. The average molecular weight is 528 g/mol. The molecule has 5 nitrogen and oxygen atoms in total. The number of carbonyl (C=O) groups excluding carboxylic acids is 1. The highest BCUT2D eigenvalue weighted by molar-refractivity contribution is 9.10. The van der Waals surface area contributed by atoms with Crippen LogP contribution in [0.4, 0.5) is 5.69 Å². The Morgan fingerprint density at radius 1 is 0.967 bits per heavy atom. The van der Waals surface area contributed by atoms with E-state index in [0.717, 1.165) is 10.0 Å². The second-order valence-electron chi connectivity index (χ2n) is 6.43. The van der Waals surface area contributed by atoms with E-state index in [0.29, 0.717) is 10.7 Å². The molecule has 9 heteroatoms. The first kappa shape index (κ1) is 22.8. The Bertz CT molecular complexity index is 1140.